The first-order valence-corrected chi connectivity index (χ1v) is 15.2. The molecule has 0 spiro atoms. The van der Waals surface area contributed by atoms with Gasteiger partial charge < -0.3 is 0 Å². The Hall–Kier alpha value is -3.13. The van der Waals surface area contributed by atoms with Crippen molar-refractivity contribution in [1.29, 1.82) is 0 Å². The molecule has 4 rings (SSSR count). The second-order valence-electron chi connectivity index (χ2n) is 16.0. The van der Waals surface area contributed by atoms with Gasteiger partial charge in [-0.3, -0.25) is 5.01 Å². The Balaban J connectivity index is 1.77. The van der Waals surface area contributed by atoms with E-state index in [-0.39, 0.29) is 27.7 Å². The molecule has 0 radical (unpaired) electrons. The fourth-order valence-electron chi connectivity index (χ4n) is 5.23. The zero-order valence-electron chi connectivity index (χ0n) is 27.7. The lowest BCUT2D eigenvalue weighted by molar-refractivity contribution is 0.563. The first-order valence-electron chi connectivity index (χ1n) is 15.2. The number of hydrazone groups is 1. The largest absolute Gasteiger partial charge is 0.257 e. The third kappa shape index (κ3) is 7.39. The zero-order valence-corrected chi connectivity index (χ0v) is 27.7. The molecule has 0 aromatic heterocycles. The van der Waals surface area contributed by atoms with Crippen LogP contribution in [0.1, 0.15) is 129 Å². The van der Waals surface area contributed by atoms with E-state index in [2.05, 4.69) is 167 Å². The molecule has 41 heavy (non-hydrogen) atoms. The summed E-state index contributed by atoms with van der Waals surface area (Å²) in [4.78, 5) is 0. The van der Waals surface area contributed by atoms with Gasteiger partial charge in [-0.2, -0.15) is 5.10 Å². The SMILES string of the molecule is CC(C)(C)c1cc(C=CC2=NN(c3ccccc3)C(c3cc(C(C)(C)C)cc(C(C)(C)C)c3)C2)cc(C(C)(C)C)c1. The van der Waals surface area contributed by atoms with Crippen molar-refractivity contribution < 1.29 is 0 Å². The second-order valence-corrected chi connectivity index (χ2v) is 16.0. The molecule has 3 aromatic carbocycles. The average Bonchev–Trinajstić information content (AvgIpc) is 3.30. The van der Waals surface area contributed by atoms with Crippen molar-refractivity contribution in [3.05, 3.63) is 106 Å². The van der Waals surface area contributed by atoms with Crippen LogP contribution in [0, 0.1) is 0 Å². The van der Waals surface area contributed by atoms with Crippen LogP contribution in [0.15, 0.2) is 77.9 Å². The summed E-state index contributed by atoms with van der Waals surface area (Å²) in [7, 11) is 0. The molecule has 0 saturated carbocycles. The van der Waals surface area contributed by atoms with Crippen molar-refractivity contribution in [2.45, 2.75) is 117 Å². The molecule has 0 N–H and O–H groups in total. The lowest BCUT2D eigenvalue weighted by Gasteiger charge is -2.30. The average molecular weight is 549 g/mol. The third-order valence-corrected chi connectivity index (χ3v) is 8.18. The van der Waals surface area contributed by atoms with Crippen LogP contribution >= 0.6 is 0 Å². The molecule has 2 heteroatoms. The molecule has 0 fully saturated rings. The van der Waals surface area contributed by atoms with Crippen LogP contribution in [0.25, 0.3) is 6.08 Å². The summed E-state index contributed by atoms with van der Waals surface area (Å²) in [5.74, 6) is 0. The van der Waals surface area contributed by atoms with Crippen LogP contribution in [-0.2, 0) is 21.7 Å². The van der Waals surface area contributed by atoms with Gasteiger partial charge in [0.15, 0.2) is 0 Å². The molecule has 218 valence electrons. The van der Waals surface area contributed by atoms with E-state index in [1.165, 1.54) is 33.4 Å². The summed E-state index contributed by atoms with van der Waals surface area (Å²) in [6.07, 6.45) is 5.37. The normalized spacial score (nSPS) is 16.9. The minimum atomic E-state index is 0.0681. The van der Waals surface area contributed by atoms with Crippen LogP contribution in [0.4, 0.5) is 5.69 Å². The smallest absolute Gasteiger partial charge is 0.0831 e. The standard InChI is InChI=1S/C39H52N2/c1-36(2,3)29-20-27(21-30(24-29)37(4,5)6)18-19-33-26-35(41(40-33)34-16-14-13-15-17-34)28-22-31(38(7,8)9)25-32(23-28)39(10,11)12/h13-25,35H,26H2,1-12H3. The molecule has 1 aliphatic rings. The fourth-order valence-corrected chi connectivity index (χ4v) is 5.23. The molecule has 1 heterocycles. The number of nitrogens with zero attached hydrogens (tertiary/aromatic N) is 2. The predicted molar refractivity (Wildman–Crippen MR) is 180 cm³/mol. The van der Waals surface area contributed by atoms with Crippen LogP contribution in [-0.4, -0.2) is 5.71 Å². The van der Waals surface area contributed by atoms with Gasteiger partial charge in [0, 0.05) is 6.42 Å². The summed E-state index contributed by atoms with van der Waals surface area (Å²) in [6.45, 7) is 27.6. The Morgan fingerprint density at radius 3 is 1.46 bits per heavy atom. The number of hydrogen-bond acceptors (Lipinski definition) is 2. The number of rotatable bonds is 4. The van der Waals surface area contributed by atoms with Crippen LogP contribution in [0.5, 0.6) is 0 Å². The molecule has 2 nitrogen and oxygen atoms in total. The molecule has 0 bridgehead atoms. The van der Waals surface area contributed by atoms with Gasteiger partial charge in [0.2, 0.25) is 0 Å². The molecule has 1 aliphatic heterocycles. The number of allylic oxidation sites excluding steroid dienone is 1. The van der Waals surface area contributed by atoms with Gasteiger partial charge in [0.05, 0.1) is 17.4 Å². The molecule has 0 saturated heterocycles. The van der Waals surface area contributed by atoms with E-state index in [0.29, 0.717) is 0 Å². The summed E-state index contributed by atoms with van der Waals surface area (Å²) in [5, 5.41) is 7.46. The highest BCUT2D eigenvalue weighted by molar-refractivity contribution is 6.01. The van der Waals surface area contributed by atoms with Gasteiger partial charge in [-0.05, 0) is 73.2 Å². The number of para-hydroxylation sites is 1. The van der Waals surface area contributed by atoms with E-state index < -0.39 is 0 Å². The Morgan fingerprint density at radius 2 is 1.02 bits per heavy atom. The molecular weight excluding hydrogens is 496 g/mol. The highest BCUT2D eigenvalue weighted by Crippen LogP contribution is 2.40. The fraction of sp³-hybridized carbons (Fsp3) is 0.462. The minimum Gasteiger partial charge on any atom is -0.257 e. The summed E-state index contributed by atoms with van der Waals surface area (Å²) < 4.78 is 0. The van der Waals surface area contributed by atoms with E-state index in [4.69, 9.17) is 5.10 Å². The lowest BCUT2D eigenvalue weighted by Crippen LogP contribution is -2.22. The van der Waals surface area contributed by atoms with Crippen LogP contribution in [0.3, 0.4) is 0 Å². The quantitative estimate of drug-likeness (QED) is 0.316. The van der Waals surface area contributed by atoms with E-state index in [1.54, 1.807) is 0 Å². The molecule has 1 atom stereocenters. The van der Waals surface area contributed by atoms with Crippen molar-refractivity contribution in [1.82, 2.24) is 0 Å². The van der Waals surface area contributed by atoms with Gasteiger partial charge in [0.1, 0.15) is 0 Å². The second kappa shape index (κ2) is 10.9. The summed E-state index contributed by atoms with van der Waals surface area (Å²) in [5.41, 5.74) is 10.6. The Morgan fingerprint density at radius 1 is 0.585 bits per heavy atom. The number of hydrogen-bond donors (Lipinski definition) is 0. The Bertz CT molecular complexity index is 1360. The van der Waals surface area contributed by atoms with E-state index in [0.717, 1.165) is 17.8 Å². The van der Waals surface area contributed by atoms with E-state index in [9.17, 15) is 0 Å². The van der Waals surface area contributed by atoms with Crippen LogP contribution < -0.4 is 5.01 Å². The summed E-state index contributed by atoms with van der Waals surface area (Å²) >= 11 is 0. The first-order chi connectivity index (χ1) is 18.8. The predicted octanol–water partition coefficient (Wildman–Crippen LogP) is 10.9. The first kappa shape index (κ1) is 30.8. The molecule has 3 aromatic rings. The molecule has 1 unspecified atom stereocenters. The molecule has 0 aliphatic carbocycles. The van der Waals surface area contributed by atoms with Gasteiger partial charge in [0.25, 0.3) is 0 Å². The lowest BCUT2D eigenvalue weighted by atomic mass is 9.78. The van der Waals surface area contributed by atoms with Gasteiger partial charge >= 0.3 is 0 Å². The highest BCUT2D eigenvalue weighted by atomic mass is 15.5. The molecular formula is C39H52N2. The maximum absolute atomic E-state index is 5.22. The van der Waals surface area contributed by atoms with Crippen molar-refractivity contribution in [3.63, 3.8) is 0 Å². The van der Waals surface area contributed by atoms with Gasteiger partial charge in [-0.1, -0.05) is 144 Å². The maximum Gasteiger partial charge on any atom is 0.0831 e. The topological polar surface area (TPSA) is 15.6 Å². The van der Waals surface area contributed by atoms with Crippen molar-refractivity contribution >= 4 is 17.5 Å². The minimum absolute atomic E-state index is 0.0681. The van der Waals surface area contributed by atoms with E-state index in [1.807, 2.05) is 0 Å². The van der Waals surface area contributed by atoms with Gasteiger partial charge in [-0.25, -0.2) is 0 Å². The van der Waals surface area contributed by atoms with Crippen molar-refractivity contribution in [2.24, 2.45) is 5.10 Å². The zero-order chi connectivity index (χ0) is 30.4. The Kier molecular flexibility index (Phi) is 8.22. The van der Waals surface area contributed by atoms with Crippen LogP contribution in [0.2, 0.25) is 0 Å². The maximum atomic E-state index is 5.22. The third-order valence-electron chi connectivity index (χ3n) is 8.18. The Labute approximate surface area is 250 Å². The van der Waals surface area contributed by atoms with Crippen molar-refractivity contribution in [2.75, 3.05) is 5.01 Å². The van der Waals surface area contributed by atoms with Gasteiger partial charge in [-0.15, -0.1) is 0 Å². The monoisotopic (exact) mass is 548 g/mol. The number of benzene rings is 3. The molecule has 0 amide bonds. The van der Waals surface area contributed by atoms with E-state index >= 15 is 0 Å². The highest BCUT2D eigenvalue weighted by Gasteiger charge is 2.31. The summed E-state index contributed by atoms with van der Waals surface area (Å²) in [6, 6.07) is 25.1. The number of anilines is 1. The van der Waals surface area contributed by atoms with Crippen molar-refractivity contribution in [3.8, 4) is 0 Å².